The molecule has 1 aliphatic carbocycles. The number of nitrogens with one attached hydrogen (secondary N) is 1. The minimum absolute atomic E-state index is 0.385. The van der Waals surface area contributed by atoms with Gasteiger partial charge in [-0.3, -0.25) is 4.90 Å². The van der Waals surface area contributed by atoms with Gasteiger partial charge in [-0.15, -0.1) is 0 Å². The molecule has 1 aromatic heterocycles. The molecule has 1 aromatic rings. The summed E-state index contributed by atoms with van der Waals surface area (Å²) in [7, 11) is 2.19. The Kier molecular flexibility index (Phi) is 4.14. The summed E-state index contributed by atoms with van der Waals surface area (Å²) in [6, 6.07) is 5.10. The molecule has 5 heteroatoms. The molecule has 0 spiro atoms. The number of likely N-dealkylation sites (N-methyl/N-ethyl adjacent to an activating group) is 1. The van der Waals surface area contributed by atoms with E-state index in [1.54, 1.807) is 6.20 Å². The zero-order valence-corrected chi connectivity index (χ0v) is 11.7. The van der Waals surface area contributed by atoms with E-state index in [0.717, 1.165) is 24.0 Å². The first-order valence-corrected chi connectivity index (χ1v) is 6.70. The topological polar surface area (TPSA) is 54.2 Å². The highest BCUT2D eigenvalue weighted by Crippen LogP contribution is 2.26. The molecular formula is C13H20N4S. The molecular weight excluding hydrogens is 244 g/mol. The Bertz CT molecular complexity index is 414. The third kappa shape index (κ3) is 3.40. The van der Waals surface area contributed by atoms with Crippen LogP contribution in [0.5, 0.6) is 0 Å². The van der Waals surface area contributed by atoms with Crippen molar-refractivity contribution in [2.24, 2.45) is 5.73 Å². The summed E-state index contributed by atoms with van der Waals surface area (Å²) >= 11 is 4.89. The third-order valence-electron chi connectivity index (χ3n) is 3.44. The minimum Gasteiger partial charge on any atom is -0.389 e. The Morgan fingerprint density at radius 1 is 1.61 bits per heavy atom. The highest BCUT2D eigenvalue weighted by Gasteiger charge is 2.28. The van der Waals surface area contributed by atoms with E-state index in [4.69, 9.17) is 18.0 Å². The first-order chi connectivity index (χ1) is 8.58. The molecule has 0 aliphatic heterocycles. The second kappa shape index (κ2) is 5.63. The standard InChI is InChI=1S/C13H20N4S/c1-9(17(2)11-4-5-11)7-15-12-6-3-10(8-16-12)13(14)18/h3,6,8-9,11H,4-5,7H2,1-2H3,(H2,14,18)(H,15,16). The Hall–Kier alpha value is -1.20. The number of rotatable bonds is 6. The maximum Gasteiger partial charge on any atom is 0.125 e. The second-order valence-corrected chi connectivity index (χ2v) is 5.36. The van der Waals surface area contributed by atoms with E-state index in [2.05, 4.69) is 29.2 Å². The van der Waals surface area contributed by atoms with Crippen molar-refractivity contribution in [2.45, 2.75) is 31.8 Å². The number of nitrogens with zero attached hydrogens (tertiary/aromatic N) is 2. The Morgan fingerprint density at radius 2 is 2.33 bits per heavy atom. The molecule has 98 valence electrons. The predicted molar refractivity (Wildman–Crippen MR) is 78.9 cm³/mol. The summed E-state index contributed by atoms with van der Waals surface area (Å²) in [5.41, 5.74) is 6.33. The lowest BCUT2D eigenvalue weighted by Crippen LogP contribution is -2.36. The quantitative estimate of drug-likeness (QED) is 0.765. The van der Waals surface area contributed by atoms with Crippen molar-refractivity contribution in [2.75, 3.05) is 18.9 Å². The average Bonchev–Trinajstić information content (AvgIpc) is 3.19. The summed E-state index contributed by atoms with van der Waals surface area (Å²) in [5, 5.41) is 3.34. The number of nitrogens with two attached hydrogens (primary N) is 1. The van der Waals surface area contributed by atoms with E-state index in [0.29, 0.717) is 11.0 Å². The van der Waals surface area contributed by atoms with Crippen molar-refractivity contribution >= 4 is 23.0 Å². The first kappa shape index (κ1) is 13.2. The molecule has 1 unspecified atom stereocenters. The van der Waals surface area contributed by atoms with Crippen LogP contribution < -0.4 is 11.1 Å². The van der Waals surface area contributed by atoms with Gasteiger partial charge in [0.15, 0.2) is 0 Å². The Morgan fingerprint density at radius 3 is 2.83 bits per heavy atom. The zero-order valence-electron chi connectivity index (χ0n) is 10.9. The summed E-state index contributed by atoms with van der Waals surface area (Å²) in [6.45, 7) is 3.13. The van der Waals surface area contributed by atoms with Crippen LogP contribution >= 0.6 is 12.2 Å². The largest absolute Gasteiger partial charge is 0.389 e. The molecule has 4 nitrogen and oxygen atoms in total. The van der Waals surface area contributed by atoms with Gasteiger partial charge in [0.2, 0.25) is 0 Å². The van der Waals surface area contributed by atoms with Gasteiger partial charge in [0, 0.05) is 30.4 Å². The average molecular weight is 264 g/mol. The van der Waals surface area contributed by atoms with Gasteiger partial charge in [-0.05, 0) is 38.9 Å². The number of thiocarbonyl (C=S) groups is 1. The van der Waals surface area contributed by atoms with E-state index in [-0.39, 0.29) is 0 Å². The van der Waals surface area contributed by atoms with Gasteiger partial charge in [-0.2, -0.15) is 0 Å². The monoisotopic (exact) mass is 264 g/mol. The summed E-state index contributed by atoms with van der Waals surface area (Å²) in [5.74, 6) is 0.867. The van der Waals surface area contributed by atoms with Crippen LogP contribution in [0.2, 0.25) is 0 Å². The number of pyridine rings is 1. The van der Waals surface area contributed by atoms with Gasteiger partial charge in [-0.25, -0.2) is 4.98 Å². The van der Waals surface area contributed by atoms with Crippen LogP contribution in [0, 0.1) is 0 Å². The number of hydrogen-bond donors (Lipinski definition) is 2. The fraction of sp³-hybridized carbons (Fsp3) is 0.538. The van der Waals surface area contributed by atoms with Crippen molar-refractivity contribution in [1.29, 1.82) is 0 Å². The maximum absolute atomic E-state index is 5.53. The Balaban J connectivity index is 1.83. The first-order valence-electron chi connectivity index (χ1n) is 6.29. The molecule has 1 saturated carbocycles. The van der Waals surface area contributed by atoms with Crippen LogP contribution in [0.15, 0.2) is 18.3 Å². The molecule has 0 bridgehead atoms. The van der Waals surface area contributed by atoms with Crippen LogP contribution in [0.4, 0.5) is 5.82 Å². The summed E-state index contributed by atoms with van der Waals surface area (Å²) in [4.78, 5) is 7.11. The third-order valence-corrected chi connectivity index (χ3v) is 3.68. The van der Waals surface area contributed by atoms with Gasteiger partial charge in [0.05, 0.1) is 0 Å². The van der Waals surface area contributed by atoms with Gasteiger partial charge in [-0.1, -0.05) is 12.2 Å². The number of hydrogen-bond acceptors (Lipinski definition) is 4. The fourth-order valence-electron chi connectivity index (χ4n) is 1.88. The fourth-order valence-corrected chi connectivity index (χ4v) is 2.00. The zero-order chi connectivity index (χ0) is 13.1. The van der Waals surface area contributed by atoms with Crippen molar-refractivity contribution in [3.05, 3.63) is 23.9 Å². The molecule has 1 atom stereocenters. The van der Waals surface area contributed by atoms with Crippen LogP contribution in [0.3, 0.4) is 0 Å². The smallest absolute Gasteiger partial charge is 0.125 e. The van der Waals surface area contributed by atoms with E-state index < -0.39 is 0 Å². The molecule has 1 heterocycles. The molecule has 0 aromatic carbocycles. The lowest BCUT2D eigenvalue weighted by atomic mass is 10.2. The lowest BCUT2D eigenvalue weighted by Gasteiger charge is -2.24. The highest BCUT2D eigenvalue weighted by atomic mass is 32.1. The second-order valence-electron chi connectivity index (χ2n) is 4.92. The van der Waals surface area contributed by atoms with Gasteiger partial charge >= 0.3 is 0 Å². The highest BCUT2D eigenvalue weighted by molar-refractivity contribution is 7.80. The predicted octanol–water partition coefficient (Wildman–Crippen LogP) is 1.61. The van der Waals surface area contributed by atoms with Crippen LogP contribution in [0.25, 0.3) is 0 Å². The van der Waals surface area contributed by atoms with E-state index in [1.165, 1.54) is 12.8 Å². The van der Waals surface area contributed by atoms with Crippen LogP contribution in [-0.2, 0) is 0 Å². The molecule has 0 amide bonds. The Labute approximate surface area is 114 Å². The van der Waals surface area contributed by atoms with Gasteiger partial charge in [0.25, 0.3) is 0 Å². The molecule has 0 saturated heterocycles. The molecule has 3 N–H and O–H groups in total. The van der Waals surface area contributed by atoms with Gasteiger partial charge < -0.3 is 11.1 Å². The maximum atomic E-state index is 5.53. The van der Waals surface area contributed by atoms with Gasteiger partial charge in [0.1, 0.15) is 10.8 Å². The molecule has 0 radical (unpaired) electrons. The molecule has 18 heavy (non-hydrogen) atoms. The normalized spacial score (nSPS) is 16.6. The van der Waals surface area contributed by atoms with Crippen molar-refractivity contribution in [1.82, 2.24) is 9.88 Å². The lowest BCUT2D eigenvalue weighted by molar-refractivity contribution is 0.257. The molecule has 1 aliphatic rings. The molecule has 1 fully saturated rings. The minimum atomic E-state index is 0.385. The van der Waals surface area contributed by atoms with Crippen LogP contribution in [0.1, 0.15) is 25.3 Å². The van der Waals surface area contributed by atoms with E-state index in [9.17, 15) is 0 Å². The van der Waals surface area contributed by atoms with Crippen LogP contribution in [-0.4, -0.2) is 40.5 Å². The molecule has 2 rings (SSSR count). The number of anilines is 1. The van der Waals surface area contributed by atoms with E-state index in [1.807, 2.05) is 12.1 Å². The summed E-state index contributed by atoms with van der Waals surface area (Å²) in [6.07, 6.45) is 4.38. The van der Waals surface area contributed by atoms with E-state index >= 15 is 0 Å². The summed E-state index contributed by atoms with van der Waals surface area (Å²) < 4.78 is 0. The number of aromatic nitrogens is 1. The van der Waals surface area contributed by atoms with Crippen molar-refractivity contribution in [3.8, 4) is 0 Å². The van der Waals surface area contributed by atoms with Crippen molar-refractivity contribution in [3.63, 3.8) is 0 Å². The van der Waals surface area contributed by atoms with Crippen molar-refractivity contribution < 1.29 is 0 Å². The SMILES string of the molecule is CC(CNc1ccc(C(N)=S)cn1)N(C)C1CC1.